The summed E-state index contributed by atoms with van der Waals surface area (Å²) in [6.07, 6.45) is 0.858. The Hall–Kier alpha value is -2.87. The van der Waals surface area contributed by atoms with Crippen LogP contribution in [0.4, 0.5) is 11.4 Å². The number of likely N-dealkylation sites (N-methyl/N-ethyl adjacent to an activating group) is 1. The van der Waals surface area contributed by atoms with Crippen LogP contribution >= 0.6 is 11.8 Å². The van der Waals surface area contributed by atoms with E-state index in [2.05, 4.69) is 31.3 Å². The molecule has 0 radical (unpaired) electrons. The smallest absolute Gasteiger partial charge is 0.163 e. The summed E-state index contributed by atoms with van der Waals surface area (Å²) in [6.45, 7) is 5.82. The van der Waals surface area contributed by atoms with E-state index in [4.69, 9.17) is 9.47 Å². The fourth-order valence-corrected chi connectivity index (χ4v) is 4.11. The van der Waals surface area contributed by atoms with Crippen LogP contribution in [-0.2, 0) is 0 Å². The summed E-state index contributed by atoms with van der Waals surface area (Å²) >= 11 is 1.53. The SMILES string of the molecule is CC(C)CCOc1c(C#N)c(C#N)c(OCCN(C)C)c2c1Sc1ccccc1N2. The lowest BCUT2D eigenvalue weighted by molar-refractivity contribution is 0.259. The monoisotopic (exact) mass is 422 g/mol. The van der Waals surface area contributed by atoms with Crippen molar-refractivity contribution in [2.45, 2.75) is 30.1 Å². The Labute approximate surface area is 182 Å². The molecule has 0 atom stereocenters. The van der Waals surface area contributed by atoms with Crippen molar-refractivity contribution in [2.24, 2.45) is 5.92 Å². The van der Waals surface area contributed by atoms with E-state index in [9.17, 15) is 10.5 Å². The average Bonchev–Trinajstić information content (AvgIpc) is 2.72. The highest BCUT2D eigenvalue weighted by Gasteiger charge is 2.30. The van der Waals surface area contributed by atoms with Gasteiger partial charge < -0.3 is 19.7 Å². The van der Waals surface area contributed by atoms with Crippen LogP contribution in [0.25, 0.3) is 0 Å². The zero-order valence-electron chi connectivity index (χ0n) is 17.8. The molecule has 0 unspecified atom stereocenters. The Balaban J connectivity index is 2.12. The molecule has 0 amide bonds. The number of ether oxygens (including phenoxy) is 2. The maximum Gasteiger partial charge on any atom is 0.163 e. The first-order valence-corrected chi connectivity index (χ1v) is 10.8. The molecule has 0 fully saturated rings. The third-order valence-corrected chi connectivity index (χ3v) is 5.84. The van der Waals surface area contributed by atoms with Crippen LogP contribution in [0.2, 0.25) is 0 Å². The van der Waals surface area contributed by atoms with Crippen molar-refractivity contribution in [3.63, 3.8) is 0 Å². The highest BCUT2D eigenvalue weighted by Crippen LogP contribution is 2.54. The lowest BCUT2D eigenvalue weighted by Crippen LogP contribution is -2.20. The van der Waals surface area contributed by atoms with Crippen molar-refractivity contribution in [2.75, 3.05) is 39.2 Å². The Bertz CT molecular complexity index is 926. The quantitative estimate of drug-likeness (QED) is 0.547. The van der Waals surface area contributed by atoms with Crippen LogP contribution in [0.3, 0.4) is 0 Å². The van der Waals surface area contributed by atoms with Crippen LogP contribution in [0.5, 0.6) is 11.5 Å². The predicted molar refractivity (Wildman–Crippen MR) is 119 cm³/mol. The van der Waals surface area contributed by atoms with Gasteiger partial charge in [0.05, 0.1) is 17.2 Å². The number of fused-ring (bicyclic) bond motifs is 2. The van der Waals surface area contributed by atoms with E-state index >= 15 is 0 Å². The summed E-state index contributed by atoms with van der Waals surface area (Å²) in [5.74, 6) is 1.34. The molecule has 0 saturated carbocycles. The minimum absolute atomic E-state index is 0.210. The van der Waals surface area contributed by atoms with Gasteiger partial charge >= 0.3 is 0 Å². The van der Waals surface area contributed by atoms with Gasteiger partial charge in [-0.3, -0.25) is 0 Å². The highest BCUT2D eigenvalue weighted by atomic mass is 32.2. The lowest BCUT2D eigenvalue weighted by Gasteiger charge is -2.27. The van der Waals surface area contributed by atoms with Gasteiger partial charge in [-0.25, -0.2) is 0 Å². The molecule has 0 spiro atoms. The number of nitrogens with one attached hydrogen (secondary N) is 1. The van der Waals surface area contributed by atoms with Crippen LogP contribution < -0.4 is 14.8 Å². The lowest BCUT2D eigenvalue weighted by atomic mass is 10.0. The van der Waals surface area contributed by atoms with Gasteiger partial charge in [0, 0.05) is 11.4 Å². The van der Waals surface area contributed by atoms with Gasteiger partial charge in [0.25, 0.3) is 0 Å². The molecule has 6 nitrogen and oxygen atoms in total. The van der Waals surface area contributed by atoms with Crippen LogP contribution in [0.1, 0.15) is 31.4 Å². The zero-order chi connectivity index (χ0) is 21.7. The predicted octanol–water partition coefficient (Wildman–Crippen LogP) is 5.00. The number of hydrogen-bond donors (Lipinski definition) is 1. The van der Waals surface area contributed by atoms with E-state index in [1.807, 2.05) is 43.3 Å². The maximum absolute atomic E-state index is 9.90. The summed E-state index contributed by atoms with van der Waals surface area (Å²) in [4.78, 5) is 3.82. The Morgan fingerprint density at radius 1 is 1.03 bits per heavy atom. The molecule has 2 aromatic carbocycles. The van der Waals surface area contributed by atoms with Gasteiger partial charge in [0.1, 0.15) is 35.6 Å². The standard InChI is InChI=1S/C23H26N4O2S/c1-15(2)9-11-28-22-17(14-25)16(13-24)21(29-12-10-27(3)4)20-23(22)30-19-8-6-5-7-18(19)26-20/h5-8,15,26H,9-12H2,1-4H3. The largest absolute Gasteiger partial charge is 0.491 e. The molecular weight excluding hydrogens is 396 g/mol. The molecule has 3 rings (SSSR count). The molecule has 7 heteroatoms. The number of anilines is 2. The van der Waals surface area contributed by atoms with Gasteiger partial charge in [0.2, 0.25) is 0 Å². The maximum atomic E-state index is 9.90. The Morgan fingerprint density at radius 2 is 1.70 bits per heavy atom. The Kier molecular flexibility index (Phi) is 7.10. The summed E-state index contributed by atoms with van der Waals surface area (Å²) < 4.78 is 12.1. The molecule has 1 N–H and O–H groups in total. The molecule has 0 aliphatic carbocycles. The molecule has 0 saturated heterocycles. The second kappa shape index (κ2) is 9.75. The summed E-state index contributed by atoms with van der Waals surface area (Å²) in [5.41, 5.74) is 2.07. The number of rotatable bonds is 8. The van der Waals surface area contributed by atoms with Crippen molar-refractivity contribution in [3.05, 3.63) is 35.4 Å². The van der Waals surface area contributed by atoms with Crippen molar-refractivity contribution in [3.8, 4) is 23.6 Å². The van der Waals surface area contributed by atoms with E-state index in [-0.39, 0.29) is 11.1 Å². The fraction of sp³-hybridized carbons (Fsp3) is 0.391. The van der Waals surface area contributed by atoms with Gasteiger partial charge in [0.15, 0.2) is 11.5 Å². The minimum atomic E-state index is 0.210. The van der Waals surface area contributed by atoms with Crippen LogP contribution in [-0.4, -0.2) is 38.8 Å². The van der Waals surface area contributed by atoms with E-state index in [1.54, 1.807) is 0 Å². The number of nitrogens with zero attached hydrogens (tertiary/aromatic N) is 3. The van der Waals surface area contributed by atoms with Crippen LogP contribution in [0, 0.1) is 28.6 Å². The normalized spacial score (nSPS) is 11.9. The van der Waals surface area contributed by atoms with Gasteiger partial charge in [-0.1, -0.05) is 37.7 Å². The third kappa shape index (κ3) is 4.64. The number of nitriles is 2. The molecule has 2 aromatic rings. The first kappa shape index (κ1) is 21.8. The first-order chi connectivity index (χ1) is 14.5. The molecular formula is C23H26N4O2S. The molecule has 1 aliphatic rings. The average molecular weight is 423 g/mol. The number of para-hydroxylation sites is 1. The molecule has 0 bridgehead atoms. The van der Waals surface area contributed by atoms with Gasteiger partial charge in [-0.15, -0.1) is 0 Å². The number of benzene rings is 2. The molecule has 156 valence electrons. The minimum Gasteiger partial charge on any atom is -0.491 e. The number of hydrogen-bond acceptors (Lipinski definition) is 7. The van der Waals surface area contributed by atoms with Gasteiger partial charge in [-0.05, 0) is 38.6 Å². The zero-order valence-corrected chi connectivity index (χ0v) is 18.6. The van der Waals surface area contributed by atoms with E-state index in [0.29, 0.717) is 42.9 Å². The first-order valence-electron chi connectivity index (χ1n) is 9.94. The second-order valence-electron chi connectivity index (χ2n) is 7.74. The van der Waals surface area contributed by atoms with Gasteiger partial charge in [-0.2, -0.15) is 10.5 Å². The third-order valence-electron chi connectivity index (χ3n) is 4.67. The van der Waals surface area contributed by atoms with Crippen molar-refractivity contribution in [1.29, 1.82) is 10.5 Å². The topological polar surface area (TPSA) is 81.3 Å². The van der Waals surface area contributed by atoms with Crippen LogP contribution in [0.15, 0.2) is 34.1 Å². The summed E-state index contributed by atoms with van der Waals surface area (Å²) in [7, 11) is 3.92. The fourth-order valence-electron chi connectivity index (χ4n) is 3.02. The molecule has 1 aliphatic heterocycles. The van der Waals surface area contributed by atoms with E-state index in [0.717, 1.165) is 21.9 Å². The van der Waals surface area contributed by atoms with Crippen molar-refractivity contribution >= 4 is 23.1 Å². The molecule has 0 aromatic heterocycles. The van der Waals surface area contributed by atoms with E-state index < -0.39 is 0 Å². The second-order valence-corrected chi connectivity index (χ2v) is 8.79. The van der Waals surface area contributed by atoms with Crippen molar-refractivity contribution in [1.82, 2.24) is 4.90 Å². The summed E-state index contributed by atoms with van der Waals surface area (Å²) in [5, 5.41) is 23.2. The highest BCUT2D eigenvalue weighted by molar-refractivity contribution is 7.99. The molecule has 30 heavy (non-hydrogen) atoms. The summed E-state index contributed by atoms with van der Waals surface area (Å²) in [6, 6.07) is 12.3. The Morgan fingerprint density at radius 3 is 2.37 bits per heavy atom. The molecule has 1 heterocycles. The van der Waals surface area contributed by atoms with E-state index in [1.165, 1.54) is 11.8 Å². The van der Waals surface area contributed by atoms with Crippen molar-refractivity contribution < 1.29 is 9.47 Å².